The topological polar surface area (TPSA) is 9.23 Å². The minimum Gasteiger partial charge on any atom is -0.496 e. The van der Waals surface area contributed by atoms with Gasteiger partial charge in [-0.1, -0.05) is 0 Å². The van der Waals surface area contributed by atoms with Gasteiger partial charge in [-0.3, -0.25) is 0 Å². The molecule has 0 aliphatic heterocycles. The van der Waals surface area contributed by atoms with E-state index < -0.39 is 0 Å². The van der Waals surface area contributed by atoms with Crippen molar-refractivity contribution in [3.05, 3.63) is 21.1 Å². The Kier molecular flexibility index (Phi) is 3.28. The zero-order valence-corrected chi connectivity index (χ0v) is 9.83. The summed E-state index contributed by atoms with van der Waals surface area (Å²) in [5, 5.41) is 0. The van der Waals surface area contributed by atoms with Gasteiger partial charge >= 0.3 is 0 Å². The summed E-state index contributed by atoms with van der Waals surface area (Å²) < 4.78 is 6.94. The molecule has 0 amide bonds. The molecule has 0 N–H and O–H groups in total. The predicted octanol–water partition coefficient (Wildman–Crippen LogP) is 3.51. The Morgan fingerprint density at radius 2 is 1.91 bits per heavy atom. The first kappa shape index (κ1) is 9.42. The largest absolute Gasteiger partial charge is 0.496 e. The average Bonchev–Trinajstić information content (AvgIpc) is 1.97. The Hall–Kier alpha value is 0.330. The van der Waals surface area contributed by atoms with Crippen molar-refractivity contribution in [3.8, 4) is 5.75 Å². The van der Waals surface area contributed by atoms with Crippen LogP contribution in [0.15, 0.2) is 26.0 Å². The fraction of sp³-hybridized carbons (Fsp3) is 0.143. The van der Waals surface area contributed by atoms with Gasteiger partial charge in [0.05, 0.1) is 11.6 Å². The minimum absolute atomic E-state index is 0.790. The molecule has 0 unspecified atom stereocenters. The van der Waals surface area contributed by atoms with Crippen molar-refractivity contribution in [1.82, 2.24) is 0 Å². The van der Waals surface area contributed by atoms with Crippen molar-refractivity contribution >= 4 is 44.5 Å². The Balaban J connectivity index is 3.21. The Bertz CT molecular complexity index is 275. The second-order valence-electron chi connectivity index (χ2n) is 1.94. The molecule has 0 saturated carbocycles. The highest BCUT2D eigenvalue weighted by atomic mass is 79.9. The molecule has 1 rings (SSSR count). The summed E-state index contributed by atoms with van der Waals surface area (Å²) >= 11 is 10.9. The molecule has 0 aromatic heterocycles. The number of halogens is 2. The molecular weight excluding hydrogens is 292 g/mol. The van der Waals surface area contributed by atoms with Gasteiger partial charge in [0, 0.05) is 9.37 Å². The highest BCUT2D eigenvalue weighted by Crippen LogP contribution is 2.32. The molecule has 0 atom stereocenters. The van der Waals surface area contributed by atoms with E-state index in [2.05, 4.69) is 44.5 Å². The van der Waals surface area contributed by atoms with E-state index in [0.717, 1.165) is 19.6 Å². The zero-order chi connectivity index (χ0) is 8.43. The van der Waals surface area contributed by atoms with Gasteiger partial charge < -0.3 is 4.74 Å². The summed E-state index contributed by atoms with van der Waals surface area (Å²) in [6.45, 7) is 0. The molecule has 11 heavy (non-hydrogen) atoms. The van der Waals surface area contributed by atoms with Gasteiger partial charge in [-0.25, -0.2) is 0 Å². The molecule has 0 heterocycles. The van der Waals surface area contributed by atoms with E-state index in [9.17, 15) is 0 Å². The van der Waals surface area contributed by atoms with Crippen molar-refractivity contribution in [2.24, 2.45) is 0 Å². The summed E-state index contributed by atoms with van der Waals surface area (Å²) in [4.78, 5) is 0.866. The third-order valence-electron chi connectivity index (χ3n) is 1.22. The molecule has 0 fully saturated rings. The van der Waals surface area contributed by atoms with E-state index in [-0.39, 0.29) is 0 Å². The number of rotatable bonds is 1. The number of thiol groups is 1. The van der Waals surface area contributed by atoms with Crippen LogP contribution in [0.5, 0.6) is 5.75 Å². The van der Waals surface area contributed by atoms with E-state index in [4.69, 9.17) is 4.74 Å². The van der Waals surface area contributed by atoms with Crippen LogP contribution in [0.2, 0.25) is 0 Å². The lowest BCUT2D eigenvalue weighted by molar-refractivity contribution is 0.411. The lowest BCUT2D eigenvalue weighted by Crippen LogP contribution is -1.84. The summed E-state index contributed by atoms with van der Waals surface area (Å²) in [5.74, 6) is 0.790. The number of hydrogen-bond acceptors (Lipinski definition) is 2. The van der Waals surface area contributed by atoms with Gasteiger partial charge in [-0.2, -0.15) is 0 Å². The third-order valence-corrected chi connectivity index (χ3v) is 3.17. The van der Waals surface area contributed by atoms with Crippen LogP contribution in [0.3, 0.4) is 0 Å². The summed E-state index contributed by atoms with van der Waals surface area (Å²) in [6.07, 6.45) is 0. The SMILES string of the molecule is COc1cc(S)c(Br)cc1Br. The lowest BCUT2D eigenvalue weighted by Gasteiger charge is -2.04. The molecular formula is C7H6Br2OS. The van der Waals surface area contributed by atoms with Crippen LogP contribution in [-0.4, -0.2) is 7.11 Å². The van der Waals surface area contributed by atoms with Crippen molar-refractivity contribution in [3.63, 3.8) is 0 Å². The van der Waals surface area contributed by atoms with Crippen LogP contribution >= 0.6 is 44.5 Å². The van der Waals surface area contributed by atoms with Crippen LogP contribution in [0.25, 0.3) is 0 Å². The van der Waals surface area contributed by atoms with Crippen LogP contribution in [0.4, 0.5) is 0 Å². The van der Waals surface area contributed by atoms with Gasteiger partial charge in [0.25, 0.3) is 0 Å². The normalized spacial score (nSPS) is 9.82. The maximum atomic E-state index is 5.06. The quantitative estimate of drug-likeness (QED) is 0.781. The van der Waals surface area contributed by atoms with E-state index in [0.29, 0.717) is 0 Å². The summed E-state index contributed by atoms with van der Waals surface area (Å²) in [6, 6.07) is 3.75. The molecule has 4 heteroatoms. The molecule has 1 aromatic rings. The van der Waals surface area contributed by atoms with E-state index >= 15 is 0 Å². The summed E-state index contributed by atoms with van der Waals surface area (Å²) in [7, 11) is 1.63. The maximum absolute atomic E-state index is 5.06. The predicted molar refractivity (Wildman–Crippen MR) is 55.6 cm³/mol. The Labute approximate surface area is 87.8 Å². The van der Waals surface area contributed by atoms with Crippen molar-refractivity contribution in [2.45, 2.75) is 4.90 Å². The second kappa shape index (κ2) is 3.83. The average molecular weight is 298 g/mol. The third kappa shape index (κ3) is 2.13. The molecule has 0 bridgehead atoms. The van der Waals surface area contributed by atoms with E-state index in [1.807, 2.05) is 12.1 Å². The van der Waals surface area contributed by atoms with Gasteiger partial charge in [-0.05, 0) is 44.0 Å². The van der Waals surface area contributed by atoms with Crippen molar-refractivity contribution in [2.75, 3.05) is 7.11 Å². The van der Waals surface area contributed by atoms with E-state index in [1.165, 1.54) is 0 Å². The van der Waals surface area contributed by atoms with Crippen molar-refractivity contribution < 1.29 is 4.74 Å². The van der Waals surface area contributed by atoms with E-state index in [1.54, 1.807) is 7.11 Å². The number of hydrogen-bond donors (Lipinski definition) is 1. The highest BCUT2D eigenvalue weighted by Gasteiger charge is 2.03. The Morgan fingerprint density at radius 3 is 2.45 bits per heavy atom. The monoisotopic (exact) mass is 296 g/mol. The fourth-order valence-electron chi connectivity index (χ4n) is 0.675. The first-order valence-electron chi connectivity index (χ1n) is 2.87. The molecule has 0 aliphatic rings. The van der Waals surface area contributed by atoms with Gasteiger partial charge in [0.2, 0.25) is 0 Å². The zero-order valence-electron chi connectivity index (χ0n) is 5.77. The standard InChI is InChI=1S/C7H6Br2OS/c1-10-6-3-7(11)5(9)2-4(6)8/h2-3,11H,1H3. The van der Waals surface area contributed by atoms with Crippen LogP contribution in [-0.2, 0) is 0 Å². The molecule has 0 spiro atoms. The van der Waals surface area contributed by atoms with Crippen molar-refractivity contribution in [1.29, 1.82) is 0 Å². The number of ether oxygens (including phenoxy) is 1. The van der Waals surface area contributed by atoms with Gasteiger partial charge in [-0.15, -0.1) is 12.6 Å². The Morgan fingerprint density at radius 1 is 1.27 bits per heavy atom. The fourth-order valence-corrected chi connectivity index (χ4v) is 2.01. The summed E-state index contributed by atoms with van der Waals surface area (Å²) in [5.41, 5.74) is 0. The molecule has 0 saturated heterocycles. The molecule has 0 aliphatic carbocycles. The molecule has 0 radical (unpaired) electrons. The highest BCUT2D eigenvalue weighted by molar-refractivity contribution is 9.11. The maximum Gasteiger partial charge on any atom is 0.134 e. The van der Waals surface area contributed by atoms with Crippen LogP contribution in [0.1, 0.15) is 0 Å². The molecule has 60 valence electrons. The molecule has 1 nitrogen and oxygen atoms in total. The molecule has 1 aromatic carbocycles. The van der Waals surface area contributed by atoms with Crippen LogP contribution in [0, 0.1) is 0 Å². The first-order valence-corrected chi connectivity index (χ1v) is 4.90. The first-order chi connectivity index (χ1) is 5.15. The number of benzene rings is 1. The van der Waals surface area contributed by atoms with Gasteiger partial charge in [0.1, 0.15) is 5.75 Å². The smallest absolute Gasteiger partial charge is 0.134 e. The number of methoxy groups -OCH3 is 1. The van der Waals surface area contributed by atoms with Gasteiger partial charge in [0.15, 0.2) is 0 Å². The second-order valence-corrected chi connectivity index (χ2v) is 4.13. The van der Waals surface area contributed by atoms with Crippen LogP contribution < -0.4 is 4.74 Å². The lowest BCUT2D eigenvalue weighted by atomic mass is 10.3. The minimum atomic E-state index is 0.790.